The van der Waals surface area contributed by atoms with Gasteiger partial charge in [-0.1, -0.05) is 12.1 Å². The number of rotatable bonds is 11. The third kappa shape index (κ3) is 8.90. The second-order valence-corrected chi connectivity index (χ2v) is 6.61. The van der Waals surface area contributed by atoms with E-state index in [1.807, 2.05) is 32.0 Å². The summed E-state index contributed by atoms with van der Waals surface area (Å²) >= 11 is 0. The molecule has 0 heterocycles. The Hall–Kier alpha value is -2.07. The van der Waals surface area contributed by atoms with Gasteiger partial charge in [0.2, 0.25) is 0 Å². The summed E-state index contributed by atoms with van der Waals surface area (Å²) in [5.41, 5.74) is 2.65. The van der Waals surface area contributed by atoms with Crippen LogP contribution in [0.5, 0.6) is 11.5 Å². The first-order valence-electron chi connectivity index (χ1n) is 10.2. The van der Waals surface area contributed by atoms with Crippen LogP contribution >= 0.6 is 24.0 Å². The van der Waals surface area contributed by atoms with Crippen LogP contribution in [0.1, 0.15) is 30.5 Å². The molecule has 6 nitrogen and oxygen atoms in total. The van der Waals surface area contributed by atoms with Crippen LogP contribution in [0.4, 0.5) is 4.39 Å². The summed E-state index contributed by atoms with van der Waals surface area (Å²) in [6.45, 7) is 6.59. The summed E-state index contributed by atoms with van der Waals surface area (Å²) in [6, 6.07) is 11.0. The maximum Gasteiger partial charge on any atom is 0.191 e. The molecule has 172 valence electrons. The van der Waals surface area contributed by atoms with Gasteiger partial charge in [-0.05, 0) is 55.7 Å². The van der Waals surface area contributed by atoms with Crippen molar-refractivity contribution >= 4 is 29.9 Å². The number of nitrogens with one attached hydrogen (secondary N) is 2. The van der Waals surface area contributed by atoms with Gasteiger partial charge in [-0.25, -0.2) is 4.39 Å². The van der Waals surface area contributed by atoms with Crippen molar-refractivity contribution < 1.29 is 18.6 Å². The third-order valence-electron chi connectivity index (χ3n) is 4.41. The van der Waals surface area contributed by atoms with Crippen LogP contribution in [0.25, 0.3) is 0 Å². The molecule has 31 heavy (non-hydrogen) atoms. The van der Waals surface area contributed by atoms with Gasteiger partial charge in [0.15, 0.2) is 17.5 Å². The van der Waals surface area contributed by atoms with E-state index in [2.05, 4.69) is 15.6 Å². The minimum absolute atomic E-state index is 0. The molecule has 0 aliphatic carbocycles. The lowest BCUT2D eigenvalue weighted by Gasteiger charge is -2.14. The topological polar surface area (TPSA) is 64.1 Å². The number of nitrogens with zero attached hydrogens (tertiary/aromatic N) is 1. The van der Waals surface area contributed by atoms with E-state index in [1.54, 1.807) is 26.3 Å². The second kappa shape index (κ2) is 14.9. The summed E-state index contributed by atoms with van der Waals surface area (Å²) < 4.78 is 30.1. The summed E-state index contributed by atoms with van der Waals surface area (Å²) in [4.78, 5) is 4.25. The number of hydrogen-bond donors (Lipinski definition) is 2. The summed E-state index contributed by atoms with van der Waals surface area (Å²) in [6.07, 6.45) is 0.807. The van der Waals surface area contributed by atoms with Crippen molar-refractivity contribution in [2.75, 3.05) is 33.9 Å². The highest BCUT2D eigenvalue weighted by atomic mass is 127. The van der Waals surface area contributed by atoms with Crippen molar-refractivity contribution in [3.63, 3.8) is 0 Å². The molecule has 8 heteroatoms. The molecule has 0 bridgehead atoms. The molecule has 0 saturated heterocycles. The molecule has 0 saturated carbocycles. The maximum absolute atomic E-state index is 13.7. The lowest BCUT2D eigenvalue weighted by atomic mass is 10.1. The zero-order chi connectivity index (χ0) is 21.8. The number of benzene rings is 2. The molecule has 0 aliphatic rings. The molecule has 0 radical (unpaired) electrons. The van der Waals surface area contributed by atoms with Gasteiger partial charge in [0.25, 0.3) is 0 Å². The highest BCUT2D eigenvalue weighted by Crippen LogP contribution is 2.28. The highest BCUT2D eigenvalue weighted by molar-refractivity contribution is 14.0. The molecule has 2 rings (SSSR count). The largest absolute Gasteiger partial charge is 0.490 e. The van der Waals surface area contributed by atoms with Gasteiger partial charge in [-0.2, -0.15) is 0 Å². The van der Waals surface area contributed by atoms with Gasteiger partial charge in [0.1, 0.15) is 5.82 Å². The van der Waals surface area contributed by atoms with E-state index in [1.165, 1.54) is 6.07 Å². The standard InChI is InChI=1S/C23H32FN3O3.HI/c1-5-29-21-10-8-17(14-22(21)30-6-2)11-12-26-23(25-3)27-15-18-7-9-20(24)19(13-18)16-28-4;/h7-10,13-14H,5-6,11-12,15-16H2,1-4H3,(H2,25,26,27);1H. The molecule has 2 aromatic carbocycles. The quantitative estimate of drug-likeness (QED) is 0.251. The van der Waals surface area contributed by atoms with E-state index in [0.717, 1.165) is 29.0 Å². The smallest absolute Gasteiger partial charge is 0.191 e. The van der Waals surface area contributed by atoms with Crippen LogP contribution in [0.2, 0.25) is 0 Å². The van der Waals surface area contributed by atoms with Gasteiger partial charge >= 0.3 is 0 Å². The SMILES string of the molecule is CCOc1ccc(CCNC(=NC)NCc2ccc(F)c(COC)c2)cc1OCC.I. The van der Waals surface area contributed by atoms with Gasteiger partial charge in [-0.3, -0.25) is 4.99 Å². The molecule has 0 atom stereocenters. The van der Waals surface area contributed by atoms with Crippen LogP contribution in [0.3, 0.4) is 0 Å². The Bertz CT molecular complexity index is 834. The number of ether oxygens (including phenoxy) is 3. The zero-order valence-electron chi connectivity index (χ0n) is 18.7. The molecule has 0 fully saturated rings. The first-order chi connectivity index (χ1) is 14.6. The number of hydrogen-bond acceptors (Lipinski definition) is 4. The monoisotopic (exact) mass is 545 g/mol. The molecule has 0 spiro atoms. The van der Waals surface area contributed by atoms with Gasteiger partial charge in [0.05, 0.1) is 19.8 Å². The maximum atomic E-state index is 13.7. The molecule has 2 aromatic rings. The first kappa shape index (κ1) is 27.0. The Labute approximate surface area is 201 Å². The number of halogens is 2. The van der Waals surface area contributed by atoms with Crippen molar-refractivity contribution in [2.45, 2.75) is 33.4 Å². The Morgan fingerprint density at radius 2 is 1.68 bits per heavy atom. The van der Waals surface area contributed by atoms with E-state index in [-0.39, 0.29) is 36.4 Å². The number of aliphatic imine (C=N–C) groups is 1. The Morgan fingerprint density at radius 1 is 0.968 bits per heavy atom. The zero-order valence-corrected chi connectivity index (χ0v) is 21.0. The molecule has 0 unspecified atom stereocenters. The lowest BCUT2D eigenvalue weighted by Crippen LogP contribution is -2.37. The predicted molar refractivity (Wildman–Crippen MR) is 133 cm³/mol. The third-order valence-corrected chi connectivity index (χ3v) is 4.41. The van der Waals surface area contributed by atoms with Crippen molar-refractivity contribution in [2.24, 2.45) is 4.99 Å². The van der Waals surface area contributed by atoms with Crippen LogP contribution in [0.15, 0.2) is 41.4 Å². The molecular weight excluding hydrogens is 512 g/mol. The van der Waals surface area contributed by atoms with Crippen LogP contribution in [-0.4, -0.2) is 39.9 Å². The molecule has 2 N–H and O–H groups in total. The fraction of sp³-hybridized carbons (Fsp3) is 0.435. The summed E-state index contributed by atoms with van der Waals surface area (Å²) in [7, 11) is 3.28. The van der Waals surface area contributed by atoms with Crippen molar-refractivity contribution in [3.05, 3.63) is 58.9 Å². The Balaban J connectivity index is 0.00000480. The lowest BCUT2D eigenvalue weighted by molar-refractivity contribution is 0.181. The molecule has 0 amide bonds. The van der Waals surface area contributed by atoms with Crippen molar-refractivity contribution in [3.8, 4) is 11.5 Å². The van der Waals surface area contributed by atoms with Gasteiger partial charge < -0.3 is 24.8 Å². The molecular formula is C23H33FIN3O3. The van der Waals surface area contributed by atoms with Gasteiger partial charge in [-0.15, -0.1) is 24.0 Å². The van der Waals surface area contributed by atoms with E-state index in [4.69, 9.17) is 14.2 Å². The van der Waals surface area contributed by atoms with E-state index >= 15 is 0 Å². The predicted octanol–water partition coefficient (Wildman–Crippen LogP) is 4.30. The van der Waals surface area contributed by atoms with Crippen LogP contribution in [-0.2, 0) is 24.3 Å². The van der Waals surface area contributed by atoms with Crippen molar-refractivity contribution in [1.29, 1.82) is 0 Å². The second-order valence-electron chi connectivity index (χ2n) is 6.61. The minimum atomic E-state index is -0.259. The van der Waals surface area contributed by atoms with Crippen LogP contribution < -0.4 is 20.1 Å². The van der Waals surface area contributed by atoms with E-state index < -0.39 is 0 Å². The summed E-state index contributed by atoms with van der Waals surface area (Å²) in [5.74, 6) is 1.96. The van der Waals surface area contributed by atoms with Gasteiger partial charge in [0, 0.05) is 32.8 Å². The average Bonchev–Trinajstić information content (AvgIpc) is 2.75. The average molecular weight is 545 g/mol. The fourth-order valence-electron chi connectivity index (χ4n) is 2.99. The highest BCUT2D eigenvalue weighted by Gasteiger charge is 2.07. The molecule has 0 aromatic heterocycles. The normalized spacial score (nSPS) is 10.9. The number of methoxy groups -OCH3 is 1. The van der Waals surface area contributed by atoms with Crippen molar-refractivity contribution in [1.82, 2.24) is 10.6 Å². The first-order valence-corrected chi connectivity index (χ1v) is 10.2. The Morgan fingerprint density at radius 3 is 2.35 bits per heavy atom. The van der Waals surface area contributed by atoms with E-state index in [9.17, 15) is 4.39 Å². The van der Waals surface area contributed by atoms with E-state index in [0.29, 0.717) is 37.8 Å². The fourth-order valence-corrected chi connectivity index (χ4v) is 2.99. The Kier molecular flexibility index (Phi) is 12.9. The minimum Gasteiger partial charge on any atom is -0.490 e. The number of guanidine groups is 1. The van der Waals surface area contributed by atoms with Crippen LogP contribution in [0, 0.1) is 5.82 Å². The molecule has 0 aliphatic heterocycles. The summed E-state index contributed by atoms with van der Waals surface area (Å²) in [5, 5.41) is 6.55.